The van der Waals surface area contributed by atoms with Crippen molar-refractivity contribution in [3.05, 3.63) is 293 Å². The predicted molar refractivity (Wildman–Crippen MR) is 260 cm³/mol. The summed E-state index contributed by atoms with van der Waals surface area (Å²) in [6.07, 6.45) is 0. The molecule has 3 aliphatic carbocycles. The molecule has 13 rings (SSSR count). The summed E-state index contributed by atoms with van der Waals surface area (Å²) in [5.74, 6) is 0. The highest BCUT2D eigenvalue weighted by Gasteiger charge is 2.51. The molecule has 3 aliphatic rings. The Morgan fingerprint density at radius 2 is 0.571 bits per heavy atom. The van der Waals surface area contributed by atoms with Gasteiger partial charge in [-0.05, 0) is 131 Å². The van der Waals surface area contributed by atoms with Crippen LogP contribution in [-0.2, 0) is 10.8 Å². The third kappa shape index (κ3) is 4.94. The van der Waals surface area contributed by atoms with E-state index in [9.17, 15) is 0 Å². The quantitative estimate of drug-likeness (QED) is 0.162. The lowest BCUT2D eigenvalue weighted by Gasteiger charge is -2.35. The second-order valence-electron chi connectivity index (χ2n) is 17.1. The molecule has 10 aromatic carbocycles. The molecule has 1 nitrogen and oxygen atoms in total. The standard InChI is InChI=1S/C62H41N/c1-4-18-44(19-5-1)61(45-20-6-2-7-21-45)55-28-14-10-26-51(55)54-39-37-48(41-60(54)61)63(46-22-8-3-9-23-46)47-35-32-42(33-36-47)43-34-38-53-52-27-13-17-31-58(52)62(59(53)40-43)56-29-15-11-24-49(56)50-25-12-16-30-57(50)62/h1-41H. The van der Waals surface area contributed by atoms with E-state index in [2.05, 4.69) is 254 Å². The first-order chi connectivity index (χ1) is 31.3. The molecular weight excluding hydrogens is 759 g/mol. The van der Waals surface area contributed by atoms with Crippen molar-refractivity contribution in [2.45, 2.75) is 10.8 Å². The van der Waals surface area contributed by atoms with Gasteiger partial charge >= 0.3 is 0 Å². The SMILES string of the molecule is c1ccc(N(c2ccc(-c3ccc4c(c3)C3(c5ccccc5-c5ccccc53)c3ccccc3-4)cc2)c2ccc3c(c2)C(c2ccccc2)(c2ccccc2)c2ccccc2-3)cc1. The molecule has 0 saturated carbocycles. The van der Waals surface area contributed by atoms with Gasteiger partial charge in [-0.2, -0.15) is 0 Å². The molecule has 0 radical (unpaired) electrons. The molecule has 0 heterocycles. The molecular formula is C62H41N. The molecule has 10 aromatic rings. The predicted octanol–water partition coefficient (Wildman–Crippen LogP) is 15.5. The number of anilines is 3. The summed E-state index contributed by atoms with van der Waals surface area (Å²) in [5.41, 5.74) is 23.3. The summed E-state index contributed by atoms with van der Waals surface area (Å²) in [5, 5.41) is 0. The summed E-state index contributed by atoms with van der Waals surface area (Å²) >= 11 is 0. The van der Waals surface area contributed by atoms with Crippen molar-refractivity contribution in [3.63, 3.8) is 0 Å². The Kier molecular flexibility index (Phi) is 7.80. The van der Waals surface area contributed by atoms with Crippen molar-refractivity contribution in [2.75, 3.05) is 4.90 Å². The maximum atomic E-state index is 2.48. The van der Waals surface area contributed by atoms with Crippen molar-refractivity contribution >= 4 is 17.1 Å². The van der Waals surface area contributed by atoms with Crippen molar-refractivity contribution < 1.29 is 0 Å². The number of fused-ring (bicyclic) bond motifs is 13. The Labute approximate surface area is 368 Å². The molecule has 0 saturated heterocycles. The van der Waals surface area contributed by atoms with Gasteiger partial charge in [-0.3, -0.25) is 0 Å². The lowest BCUT2D eigenvalue weighted by molar-refractivity contribution is 0.768. The first-order valence-electron chi connectivity index (χ1n) is 22.0. The normalized spacial score (nSPS) is 14.0. The Morgan fingerprint density at radius 1 is 0.222 bits per heavy atom. The summed E-state index contributed by atoms with van der Waals surface area (Å²) in [6.45, 7) is 0. The molecule has 294 valence electrons. The van der Waals surface area contributed by atoms with E-state index >= 15 is 0 Å². The largest absolute Gasteiger partial charge is 0.310 e. The Morgan fingerprint density at radius 3 is 1.08 bits per heavy atom. The third-order valence-electron chi connectivity index (χ3n) is 14.2. The number of hydrogen-bond acceptors (Lipinski definition) is 1. The first kappa shape index (κ1) is 35.7. The second-order valence-corrected chi connectivity index (χ2v) is 17.1. The highest BCUT2D eigenvalue weighted by Crippen LogP contribution is 2.63. The van der Waals surface area contributed by atoms with E-state index in [0.717, 1.165) is 17.1 Å². The monoisotopic (exact) mass is 799 g/mol. The van der Waals surface area contributed by atoms with Gasteiger partial charge in [0, 0.05) is 17.1 Å². The lowest BCUT2D eigenvalue weighted by Crippen LogP contribution is -2.28. The van der Waals surface area contributed by atoms with Crippen molar-refractivity contribution in [2.24, 2.45) is 0 Å². The van der Waals surface area contributed by atoms with E-state index < -0.39 is 5.41 Å². The number of benzene rings is 10. The topological polar surface area (TPSA) is 3.24 Å². The summed E-state index contributed by atoms with van der Waals surface area (Å²) in [7, 11) is 0. The fraction of sp³-hybridized carbons (Fsp3) is 0.0323. The smallest absolute Gasteiger partial charge is 0.0725 e. The molecule has 63 heavy (non-hydrogen) atoms. The average molecular weight is 800 g/mol. The van der Waals surface area contributed by atoms with E-state index in [-0.39, 0.29) is 5.41 Å². The third-order valence-corrected chi connectivity index (χ3v) is 14.2. The highest BCUT2D eigenvalue weighted by atomic mass is 15.1. The van der Waals surface area contributed by atoms with Gasteiger partial charge in [0.05, 0.1) is 10.8 Å². The highest BCUT2D eigenvalue weighted by molar-refractivity contribution is 5.96. The molecule has 0 aliphatic heterocycles. The van der Waals surface area contributed by atoms with E-state index in [1.165, 1.54) is 89.0 Å². The van der Waals surface area contributed by atoms with Gasteiger partial charge in [-0.15, -0.1) is 0 Å². The average Bonchev–Trinajstić information content (AvgIpc) is 3.95. The van der Waals surface area contributed by atoms with Crippen LogP contribution >= 0.6 is 0 Å². The molecule has 1 spiro atoms. The zero-order chi connectivity index (χ0) is 41.5. The zero-order valence-corrected chi connectivity index (χ0v) is 34.6. The molecule has 0 fully saturated rings. The number of nitrogens with zero attached hydrogens (tertiary/aromatic N) is 1. The van der Waals surface area contributed by atoms with Gasteiger partial charge in [0.15, 0.2) is 0 Å². The van der Waals surface area contributed by atoms with Crippen LogP contribution in [0.1, 0.15) is 44.5 Å². The van der Waals surface area contributed by atoms with Crippen LogP contribution in [-0.4, -0.2) is 0 Å². The Bertz CT molecular complexity index is 3280. The molecule has 0 aromatic heterocycles. The lowest BCUT2D eigenvalue weighted by atomic mass is 9.67. The van der Waals surface area contributed by atoms with E-state index in [4.69, 9.17) is 0 Å². The molecule has 0 N–H and O–H groups in total. The second kappa shape index (κ2) is 13.8. The van der Waals surface area contributed by atoms with Gasteiger partial charge in [0.2, 0.25) is 0 Å². The Balaban J connectivity index is 0.960. The van der Waals surface area contributed by atoms with Gasteiger partial charge in [-0.25, -0.2) is 0 Å². The summed E-state index contributed by atoms with van der Waals surface area (Å²) < 4.78 is 0. The Hall–Kier alpha value is -8.00. The van der Waals surface area contributed by atoms with Crippen molar-refractivity contribution in [3.8, 4) is 44.5 Å². The van der Waals surface area contributed by atoms with E-state index in [0.29, 0.717) is 0 Å². The maximum absolute atomic E-state index is 2.48. The summed E-state index contributed by atoms with van der Waals surface area (Å²) in [6, 6.07) is 92.5. The van der Waals surface area contributed by atoms with Crippen LogP contribution in [0.3, 0.4) is 0 Å². The van der Waals surface area contributed by atoms with Gasteiger partial charge in [0.25, 0.3) is 0 Å². The molecule has 0 bridgehead atoms. The van der Waals surface area contributed by atoms with Crippen LogP contribution in [0.15, 0.2) is 249 Å². The number of para-hydroxylation sites is 1. The van der Waals surface area contributed by atoms with E-state index in [1.807, 2.05) is 0 Å². The molecule has 1 heteroatoms. The minimum absolute atomic E-state index is 0.374. The van der Waals surface area contributed by atoms with E-state index in [1.54, 1.807) is 0 Å². The van der Waals surface area contributed by atoms with Crippen LogP contribution in [0.4, 0.5) is 17.1 Å². The molecule has 0 unspecified atom stereocenters. The zero-order valence-electron chi connectivity index (χ0n) is 34.6. The fourth-order valence-corrected chi connectivity index (χ4v) is 11.7. The number of rotatable bonds is 6. The van der Waals surface area contributed by atoms with Crippen LogP contribution < -0.4 is 4.90 Å². The first-order valence-corrected chi connectivity index (χ1v) is 22.0. The molecule has 0 amide bonds. The number of hydrogen-bond donors (Lipinski definition) is 0. The fourth-order valence-electron chi connectivity index (χ4n) is 11.7. The van der Waals surface area contributed by atoms with Crippen LogP contribution in [0, 0.1) is 0 Å². The van der Waals surface area contributed by atoms with Crippen molar-refractivity contribution in [1.29, 1.82) is 0 Å². The van der Waals surface area contributed by atoms with Crippen LogP contribution in [0.25, 0.3) is 44.5 Å². The van der Waals surface area contributed by atoms with Gasteiger partial charge in [0.1, 0.15) is 0 Å². The van der Waals surface area contributed by atoms with Gasteiger partial charge in [-0.1, -0.05) is 206 Å². The maximum Gasteiger partial charge on any atom is 0.0725 e. The summed E-state index contributed by atoms with van der Waals surface area (Å²) in [4.78, 5) is 2.41. The van der Waals surface area contributed by atoms with Gasteiger partial charge < -0.3 is 4.90 Å². The van der Waals surface area contributed by atoms with Crippen LogP contribution in [0.5, 0.6) is 0 Å². The van der Waals surface area contributed by atoms with Crippen molar-refractivity contribution in [1.82, 2.24) is 0 Å². The minimum atomic E-state index is -0.485. The minimum Gasteiger partial charge on any atom is -0.310 e. The van der Waals surface area contributed by atoms with Crippen LogP contribution in [0.2, 0.25) is 0 Å². The molecule has 0 atom stereocenters.